The van der Waals surface area contributed by atoms with Crippen LogP contribution in [0.15, 0.2) is 23.1 Å². The lowest BCUT2D eigenvalue weighted by Gasteiger charge is -2.12. The maximum Gasteiger partial charge on any atom is 0.261 e. The third-order valence-electron chi connectivity index (χ3n) is 3.16. The smallest absolute Gasteiger partial charge is 0.261 e. The number of benzene rings is 1. The lowest BCUT2D eigenvalue weighted by Crippen LogP contribution is -2.35. The molecular weight excluding hydrogens is 318 g/mol. The minimum atomic E-state index is -3.95. The molecule has 1 heterocycles. The number of rotatable bonds is 5. The lowest BCUT2D eigenvalue weighted by molar-refractivity contribution is 0.0929. The van der Waals surface area contributed by atoms with Crippen LogP contribution >= 0.6 is 10.7 Å². The average molecular weight is 334 g/mol. The summed E-state index contributed by atoms with van der Waals surface area (Å²) in [7, 11) is 2.91. The summed E-state index contributed by atoms with van der Waals surface area (Å²) in [6.45, 7) is 1.17. The van der Waals surface area contributed by atoms with E-state index in [1.54, 1.807) is 6.07 Å². The standard InChI is InChI=1S/C13H16ClNO5S/c1-19-7-10-3-2-9(6-12(10)21(14,17)18)13(16)15-11-4-5-20-8-11/h2-3,6,11H,4-5,7-8H2,1H3,(H,15,16). The molecule has 1 aliphatic heterocycles. The summed E-state index contributed by atoms with van der Waals surface area (Å²) in [5.74, 6) is -0.351. The van der Waals surface area contributed by atoms with E-state index in [1.165, 1.54) is 19.2 Å². The highest BCUT2D eigenvalue weighted by atomic mass is 35.7. The minimum Gasteiger partial charge on any atom is -0.380 e. The van der Waals surface area contributed by atoms with E-state index in [0.29, 0.717) is 18.8 Å². The fourth-order valence-electron chi connectivity index (χ4n) is 2.11. The summed E-state index contributed by atoms with van der Waals surface area (Å²) in [6, 6.07) is 4.29. The van der Waals surface area contributed by atoms with Crippen molar-refractivity contribution in [3.05, 3.63) is 29.3 Å². The summed E-state index contributed by atoms with van der Waals surface area (Å²) in [5.41, 5.74) is 0.647. The molecule has 0 aliphatic carbocycles. The van der Waals surface area contributed by atoms with Crippen LogP contribution in [-0.4, -0.2) is 40.7 Å². The molecule has 116 valence electrons. The number of amides is 1. The molecule has 0 radical (unpaired) electrons. The van der Waals surface area contributed by atoms with Gasteiger partial charge in [0.1, 0.15) is 0 Å². The molecule has 8 heteroatoms. The van der Waals surface area contributed by atoms with Crippen molar-refractivity contribution in [1.82, 2.24) is 5.32 Å². The summed E-state index contributed by atoms with van der Waals surface area (Å²) < 4.78 is 33.3. The van der Waals surface area contributed by atoms with Crippen LogP contribution in [0.3, 0.4) is 0 Å². The normalized spacial score (nSPS) is 18.7. The number of hydrogen-bond donors (Lipinski definition) is 1. The predicted molar refractivity (Wildman–Crippen MR) is 76.9 cm³/mol. The van der Waals surface area contributed by atoms with Gasteiger partial charge in [-0.15, -0.1) is 0 Å². The maximum atomic E-state index is 12.1. The van der Waals surface area contributed by atoms with Gasteiger partial charge >= 0.3 is 0 Å². The van der Waals surface area contributed by atoms with Gasteiger partial charge in [-0.05, 0) is 24.1 Å². The second-order valence-corrected chi connectivity index (χ2v) is 7.26. The van der Waals surface area contributed by atoms with E-state index in [0.717, 1.165) is 6.42 Å². The van der Waals surface area contributed by atoms with Gasteiger partial charge in [0.15, 0.2) is 0 Å². The van der Waals surface area contributed by atoms with Crippen molar-refractivity contribution in [1.29, 1.82) is 0 Å². The Morgan fingerprint density at radius 3 is 2.86 bits per heavy atom. The van der Waals surface area contributed by atoms with Gasteiger partial charge in [-0.1, -0.05) is 6.07 Å². The first-order chi connectivity index (χ1) is 9.91. The van der Waals surface area contributed by atoms with Crippen LogP contribution in [0, 0.1) is 0 Å². The third kappa shape index (κ3) is 4.16. The van der Waals surface area contributed by atoms with Gasteiger partial charge in [0.2, 0.25) is 0 Å². The van der Waals surface area contributed by atoms with Crippen molar-refractivity contribution < 1.29 is 22.7 Å². The quantitative estimate of drug-likeness (QED) is 0.821. The van der Waals surface area contributed by atoms with Gasteiger partial charge in [0.25, 0.3) is 15.0 Å². The molecule has 1 saturated heterocycles. The van der Waals surface area contributed by atoms with Crippen molar-refractivity contribution in [3.63, 3.8) is 0 Å². The van der Waals surface area contributed by atoms with Gasteiger partial charge in [0.05, 0.1) is 24.2 Å². The number of hydrogen-bond acceptors (Lipinski definition) is 5. The fourth-order valence-corrected chi connectivity index (χ4v) is 3.25. The number of halogens is 1. The second kappa shape index (κ2) is 6.74. The van der Waals surface area contributed by atoms with Gasteiger partial charge in [-0.3, -0.25) is 4.79 Å². The number of nitrogens with one attached hydrogen (secondary N) is 1. The number of methoxy groups -OCH3 is 1. The Balaban J connectivity index is 2.26. The molecule has 6 nitrogen and oxygen atoms in total. The van der Waals surface area contributed by atoms with Crippen LogP contribution in [0.1, 0.15) is 22.3 Å². The molecule has 1 aliphatic rings. The van der Waals surface area contributed by atoms with Gasteiger partial charge in [-0.2, -0.15) is 0 Å². The molecule has 21 heavy (non-hydrogen) atoms. The topological polar surface area (TPSA) is 81.7 Å². The van der Waals surface area contributed by atoms with Gasteiger partial charge in [0, 0.05) is 30.0 Å². The van der Waals surface area contributed by atoms with Crippen molar-refractivity contribution in [2.75, 3.05) is 20.3 Å². The zero-order chi connectivity index (χ0) is 15.5. The highest BCUT2D eigenvalue weighted by molar-refractivity contribution is 8.13. The molecular formula is C13H16ClNO5S. The zero-order valence-corrected chi connectivity index (χ0v) is 13.0. The summed E-state index contributed by atoms with van der Waals surface area (Å²) >= 11 is 0. The van der Waals surface area contributed by atoms with E-state index in [9.17, 15) is 13.2 Å². The first-order valence-electron chi connectivity index (χ1n) is 6.37. The van der Waals surface area contributed by atoms with E-state index < -0.39 is 9.05 Å². The fraction of sp³-hybridized carbons (Fsp3) is 0.462. The highest BCUT2D eigenvalue weighted by Gasteiger charge is 2.21. The van der Waals surface area contributed by atoms with E-state index in [1.807, 2.05) is 0 Å². The Kier molecular flexibility index (Phi) is 5.21. The molecule has 1 fully saturated rings. The summed E-state index contributed by atoms with van der Waals surface area (Å²) in [4.78, 5) is 12.0. The number of carbonyl (C=O) groups is 1. The molecule has 0 bridgehead atoms. The van der Waals surface area contributed by atoms with Crippen molar-refractivity contribution >= 4 is 25.6 Å². The van der Waals surface area contributed by atoms with Crippen molar-refractivity contribution in [2.45, 2.75) is 24.0 Å². The Bertz CT molecular complexity index is 625. The molecule has 1 N–H and O–H groups in total. The van der Waals surface area contributed by atoms with Gasteiger partial charge < -0.3 is 14.8 Å². The van der Waals surface area contributed by atoms with Gasteiger partial charge in [-0.25, -0.2) is 8.42 Å². The minimum absolute atomic E-state index is 0.0489. The molecule has 1 aromatic rings. The molecule has 1 unspecified atom stereocenters. The molecule has 2 rings (SSSR count). The van der Waals surface area contributed by atoms with Crippen LogP contribution in [0.4, 0.5) is 0 Å². The Labute approximate surface area is 127 Å². The third-order valence-corrected chi connectivity index (χ3v) is 4.56. The molecule has 0 aromatic heterocycles. The van der Waals surface area contributed by atoms with Crippen LogP contribution in [0.5, 0.6) is 0 Å². The largest absolute Gasteiger partial charge is 0.380 e. The zero-order valence-electron chi connectivity index (χ0n) is 11.5. The summed E-state index contributed by atoms with van der Waals surface area (Å²) in [5, 5.41) is 2.79. The summed E-state index contributed by atoms with van der Waals surface area (Å²) in [6.07, 6.45) is 0.744. The SMILES string of the molecule is COCc1ccc(C(=O)NC2CCOC2)cc1S(=O)(=O)Cl. The molecule has 0 spiro atoms. The van der Waals surface area contributed by atoms with E-state index in [4.69, 9.17) is 20.2 Å². The van der Waals surface area contributed by atoms with E-state index >= 15 is 0 Å². The number of carbonyl (C=O) groups excluding carboxylic acids is 1. The van der Waals surface area contributed by atoms with E-state index in [2.05, 4.69) is 5.32 Å². The maximum absolute atomic E-state index is 12.1. The van der Waals surface area contributed by atoms with Crippen LogP contribution in [-0.2, 0) is 25.1 Å². The predicted octanol–water partition coefficient (Wildman–Crippen LogP) is 1.28. The van der Waals surface area contributed by atoms with Crippen LogP contribution in [0.2, 0.25) is 0 Å². The Morgan fingerprint density at radius 1 is 1.52 bits per heavy atom. The van der Waals surface area contributed by atoms with Crippen LogP contribution in [0.25, 0.3) is 0 Å². The first-order valence-corrected chi connectivity index (χ1v) is 8.68. The van der Waals surface area contributed by atoms with Crippen molar-refractivity contribution in [2.24, 2.45) is 0 Å². The van der Waals surface area contributed by atoms with Crippen molar-refractivity contribution in [3.8, 4) is 0 Å². The van der Waals surface area contributed by atoms with Crippen LogP contribution < -0.4 is 5.32 Å². The Hall–Kier alpha value is -1.15. The molecule has 0 saturated carbocycles. The lowest BCUT2D eigenvalue weighted by atomic mass is 10.1. The first kappa shape index (κ1) is 16.2. The molecule has 1 amide bonds. The van der Waals surface area contributed by atoms with E-state index in [-0.39, 0.29) is 29.0 Å². The average Bonchev–Trinajstić information content (AvgIpc) is 2.91. The molecule has 1 atom stereocenters. The monoisotopic (exact) mass is 333 g/mol. The Morgan fingerprint density at radius 2 is 2.29 bits per heavy atom. The highest BCUT2D eigenvalue weighted by Crippen LogP contribution is 2.22. The second-order valence-electron chi connectivity index (χ2n) is 4.73. The molecule has 1 aromatic carbocycles. The number of ether oxygens (including phenoxy) is 2.